The Labute approximate surface area is 86.6 Å². The van der Waals surface area contributed by atoms with Crippen molar-refractivity contribution in [3.63, 3.8) is 0 Å². The van der Waals surface area contributed by atoms with Gasteiger partial charge in [0.05, 0.1) is 6.20 Å². The van der Waals surface area contributed by atoms with E-state index in [-0.39, 0.29) is 5.69 Å². The molecule has 1 aromatic carbocycles. The van der Waals surface area contributed by atoms with Crippen molar-refractivity contribution in [3.05, 3.63) is 53.6 Å². The van der Waals surface area contributed by atoms with Gasteiger partial charge in [0, 0.05) is 6.42 Å². The molecular formula is C11H10N2O2. The van der Waals surface area contributed by atoms with Gasteiger partial charge in [0.1, 0.15) is 11.5 Å². The average molecular weight is 202 g/mol. The summed E-state index contributed by atoms with van der Waals surface area (Å²) in [6, 6.07) is 9.77. The maximum atomic E-state index is 10.6. The molecule has 0 amide bonds. The Kier molecular flexibility index (Phi) is 2.49. The van der Waals surface area contributed by atoms with Crippen molar-refractivity contribution >= 4 is 5.97 Å². The van der Waals surface area contributed by atoms with Crippen molar-refractivity contribution in [2.24, 2.45) is 0 Å². The Morgan fingerprint density at radius 1 is 1.33 bits per heavy atom. The molecule has 4 heteroatoms. The van der Waals surface area contributed by atoms with Crippen LogP contribution in [-0.2, 0) is 6.42 Å². The molecule has 0 atom stereocenters. The molecule has 1 aromatic heterocycles. The number of aromatic amines is 1. The molecule has 0 aliphatic heterocycles. The highest BCUT2D eigenvalue weighted by Crippen LogP contribution is 2.06. The lowest BCUT2D eigenvalue weighted by Gasteiger charge is -1.96. The number of nitrogens with one attached hydrogen (secondary N) is 1. The van der Waals surface area contributed by atoms with Crippen LogP contribution in [-0.4, -0.2) is 21.0 Å². The predicted octanol–water partition coefficient (Wildman–Crippen LogP) is 1.70. The van der Waals surface area contributed by atoms with Gasteiger partial charge in [-0.3, -0.25) is 0 Å². The van der Waals surface area contributed by atoms with E-state index in [0.29, 0.717) is 12.2 Å². The number of aromatic carboxylic acids is 1. The number of hydrogen-bond donors (Lipinski definition) is 2. The summed E-state index contributed by atoms with van der Waals surface area (Å²) in [5.41, 5.74) is 1.23. The van der Waals surface area contributed by atoms with Gasteiger partial charge < -0.3 is 10.1 Å². The molecule has 0 radical (unpaired) electrons. The molecule has 15 heavy (non-hydrogen) atoms. The maximum absolute atomic E-state index is 10.6. The van der Waals surface area contributed by atoms with Crippen LogP contribution in [0.15, 0.2) is 36.5 Å². The van der Waals surface area contributed by atoms with Crippen LogP contribution in [0.1, 0.15) is 21.9 Å². The number of rotatable bonds is 3. The minimum atomic E-state index is -0.984. The first-order chi connectivity index (χ1) is 7.25. The lowest BCUT2D eigenvalue weighted by atomic mass is 10.1. The lowest BCUT2D eigenvalue weighted by Crippen LogP contribution is -1.97. The Bertz CT molecular complexity index is 462. The van der Waals surface area contributed by atoms with Crippen LogP contribution < -0.4 is 0 Å². The second-order valence-corrected chi connectivity index (χ2v) is 3.21. The first-order valence-electron chi connectivity index (χ1n) is 4.57. The summed E-state index contributed by atoms with van der Waals surface area (Å²) in [6.45, 7) is 0. The van der Waals surface area contributed by atoms with Crippen molar-refractivity contribution in [1.29, 1.82) is 0 Å². The molecule has 0 fully saturated rings. The van der Waals surface area contributed by atoms with E-state index in [0.717, 1.165) is 5.56 Å². The van der Waals surface area contributed by atoms with Crippen LogP contribution in [0.4, 0.5) is 0 Å². The fraction of sp³-hybridized carbons (Fsp3) is 0.0909. The van der Waals surface area contributed by atoms with Gasteiger partial charge >= 0.3 is 5.97 Å². The summed E-state index contributed by atoms with van der Waals surface area (Å²) in [6.07, 6.45) is 1.95. The topological polar surface area (TPSA) is 66.0 Å². The van der Waals surface area contributed by atoms with Crippen molar-refractivity contribution in [1.82, 2.24) is 9.97 Å². The standard InChI is InChI=1S/C11H10N2O2/c14-11(15)9-7-12-10(13-9)6-8-4-2-1-3-5-8/h1-5,7H,6H2,(H,12,13)(H,14,15). The van der Waals surface area contributed by atoms with Gasteiger partial charge in [-0.15, -0.1) is 0 Å². The highest BCUT2D eigenvalue weighted by atomic mass is 16.4. The van der Waals surface area contributed by atoms with Crippen LogP contribution in [0.25, 0.3) is 0 Å². The third-order valence-corrected chi connectivity index (χ3v) is 2.07. The number of imidazole rings is 1. The zero-order valence-corrected chi connectivity index (χ0v) is 7.97. The van der Waals surface area contributed by atoms with Crippen LogP contribution in [0, 0.1) is 0 Å². The van der Waals surface area contributed by atoms with Gasteiger partial charge in [0.15, 0.2) is 0 Å². The zero-order chi connectivity index (χ0) is 10.7. The normalized spacial score (nSPS) is 10.1. The molecule has 76 valence electrons. The largest absolute Gasteiger partial charge is 0.477 e. The molecule has 0 unspecified atom stereocenters. The van der Waals surface area contributed by atoms with Gasteiger partial charge in [-0.2, -0.15) is 0 Å². The molecule has 0 saturated heterocycles. The van der Waals surface area contributed by atoms with Gasteiger partial charge in [0.2, 0.25) is 0 Å². The van der Waals surface area contributed by atoms with Gasteiger partial charge in [0.25, 0.3) is 0 Å². The van der Waals surface area contributed by atoms with Crippen LogP contribution in [0.2, 0.25) is 0 Å². The fourth-order valence-corrected chi connectivity index (χ4v) is 1.35. The molecule has 2 N–H and O–H groups in total. The number of benzene rings is 1. The molecule has 0 saturated carbocycles. The molecule has 4 nitrogen and oxygen atoms in total. The minimum Gasteiger partial charge on any atom is -0.477 e. The van der Waals surface area contributed by atoms with E-state index < -0.39 is 5.97 Å². The van der Waals surface area contributed by atoms with E-state index in [1.54, 1.807) is 0 Å². The second-order valence-electron chi connectivity index (χ2n) is 3.21. The monoisotopic (exact) mass is 202 g/mol. The Morgan fingerprint density at radius 2 is 2.07 bits per heavy atom. The smallest absolute Gasteiger partial charge is 0.353 e. The number of H-pyrrole nitrogens is 1. The Hall–Kier alpha value is -2.10. The van der Waals surface area contributed by atoms with Gasteiger partial charge in [-0.25, -0.2) is 9.78 Å². The summed E-state index contributed by atoms with van der Waals surface area (Å²) in [5.74, 6) is -0.319. The summed E-state index contributed by atoms with van der Waals surface area (Å²) in [4.78, 5) is 17.3. The summed E-state index contributed by atoms with van der Waals surface area (Å²) >= 11 is 0. The highest BCUT2D eigenvalue weighted by Gasteiger charge is 2.06. The first-order valence-corrected chi connectivity index (χ1v) is 4.57. The molecule has 0 spiro atoms. The number of carbonyl (C=O) groups is 1. The number of nitrogens with zero attached hydrogens (tertiary/aromatic N) is 1. The van der Waals surface area contributed by atoms with Crippen LogP contribution in [0.3, 0.4) is 0 Å². The van der Waals surface area contributed by atoms with E-state index in [1.807, 2.05) is 30.3 Å². The summed E-state index contributed by atoms with van der Waals surface area (Å²) in [7, 11) is 0. The highest BCUT2D eigenvalue weighted by molar-refractivity contribution is 5.85. The van der Waals surface area contributed by atoms with Gasteiger partial charge in [-0.05, 0) is 5.56 Å². The molecule has 0 bridgehead atoms. The third-order valence-electron chi connectivity index (χ3n) is 2.07. The SMILES string of the molecule is O=C(O)c1cnc(Cc2ccccc2)[nH]1. The number of carboxylic acid groups (broad SMARTS) is 1. The maximum Gasteiger partial charge on any atom is 0.353 e. The molecule has 1 heterocycles. The van der Waals surface area contributed by atoms with E-state index >= 15 is 0 Å². The molecule has 0 aliphatic carbocycles. The Balaban J connectivity index is 2.15. The van der Waals surface area contributed by atoms with E-state index in [2.05, 4.69) is 9.97 Å². The first kappa shape index (κ1) is 9.45. The van der Waals surface area contributed by atoms with Crippen molar-refractivity contribution in [2.45, 2.75) is 6.42 Å². The second kappa shape index (κ2) is 3.96. The van der Waals surface area contributed by atoms with E-state index in [1.165, 1.54) is 6.20 Å². The summed E-state index contributed by atoms with van der Waals surface area (Å²) in [5, 5.41) is 8.69. The minimum absolute atomic E-state index is 0.126. The lowest BCUT2D eigenvalue weighted by molar-refractivity contribution is 0.0691. The van der Waals surface area contributed by atoms with Crippen LogP contribution in [0.5, 0.6) is 0 Å². The van der Waals surface area contributed by atoms with Crippen molar-refractivity contribution in [3.8, 4) is 0 Å². The molecule has 0 aliphatic rings. The number of hydrogen-bond acceptors (Lipinski definition) is 2. The number of carboxylic acids is 1. The zero-order valence-electron chi connectivity index (χ0n) is 7.97. The van der Waals surface area contributed by atoms with E-state index in [9.17, 15) is 4.79 Å². The Morgan fingerprint density at radius 3 is 2.67 bits per heavy atom. The summed E-state index contributed by atoms with van der Waals surface area (Å²) < 4.78 is 0. The van der Waals surface area contributed by atoms with Crippen molar-refractivity contribution in [2.75, 3.05) is 0 Å². The van der Waals surface area contributed by atoms with Gasteiger partial charge in [-0.1, -0.05) is 30.3 Å². The quantitative estimate of drug-likeness (QED) is 0.796. The molecular weight excluding hydrogens is 192 g/mol. The fourth-order valence-electron chi connectivity index (χ4n) is 1.35. The average Bonchev–Trinajstić information content (AvgIpc) is 2.68. The predicted molar refractivity (Wildman–Crippen MR) is 54.8 cm³/mol. The van der Waals surface area contributed by atoms with Crippen LogP contribution >= 0.6 is 0 Å². The van der Waals surface area contributed by atoms with Crippen molar-refractivity contribution < 1.29 is 9.90 Å². The molecule has 2 rings (SSSR count). The molecule has 2 aromatic rings. The number of aromatic nitrogens is 2. The van der Waals surface area contributed by atoms with E-state index in [4.69, 9.17) is 5.11 Å². The third kappa shape index (κ3) is 2.22.